The lowest BCUT2D eigenvalue weighted by molar-refractivity contribution is -0.135. The Balaban J connectivity index is 1.07. The van der Waals surface area contributed by atoms with Crippen molar-refractivity contribution < 1.29 is 28.7 Å². The predicted octanol–water partition coefficient (Wildman–Crippen LogP) is 7.54. The zero-order valence-electron chi connectivity index (χ0n) is 34.3. The molecule has 58 heavy (non-hydrogen) atoms. The Morgan fingerprint density at radius 3 is 2.07 bits per heavy atom. The summed E-state index contributed by atoms with van der Waals surface area (Å²) in [6.07, 6.45) is 3.87. The number of aromatic nitrogens is 4. The molecule has 2 aromatic heterocycles. The van der Waals surface area contributed by atoms with E-state index in [9.17, 15) is 19.2 Å². The van der Waals surface area contributed by atoms with E-state index < -0.39 is 32.3 Å². The number of benzene rings is 3. The van der Waals surface area contributed by atoms with Crippen molar-refractivity contribution in [3.63, 3.8) is 0 Å². The summed E-state index contributed by atoms with van der Waals surface area (Å²) in [7, 11) is 0.910. The van der Waals surface area contributed by atoms with Crippen LogP contribution in [-0.2, 0) is 19.1 Å². The van der Waals surface area contributed by atoms with E-state index in [0.29, 0.717) is 19.1 Å². The Kier molecular flexibility index (Phi) is 11.6. The fourth-order valence-corrected chi connectivity index (χ4v) is 9.88. The summed E-state index contributed by atoms with van der Waals surface area (Å²) in [4.78, 5) is 72.1. The average molecular weight is 807 g/mol. The standard InChI is InChI=1S/C43H54N8O6Si/c1-25(2)36(49-43(55)57-4)41(53)51-21-9-11-35(51)39-45-31-19-17-29-22-28(16-18-30(29)37(31)48-39)26-12-14-27(15-13-26)32-23-44-38(46-32)34-10-8-20-50(34)40(52)33(24-58(5,6)7)47-42(54)56-3/h12-19,22-23,25,33-36H,8-11,20-21,24H2,1-7H3,(H,44,46)(H,45,48)(H,47,54)(H,49,55)/t33-,34-,35-,36-/m0/s1. The van der Waals surface area contributed by atoms with Crippen molar-refractivity contribution in [2.75, 3.05) is 27.3 Å². The molecule has 15 heteroatoms. The molecule has 2 fully saturated rings. The number of H-pyrrole nitrogens is 2. The molecule has 2 aliphatic heterocycles. The Labute approximate surface area is 339 Å². The minimum atomic E-state index is -1.70. The minimum Gasteiger partial charge on any atom is -0.453 e. The van der Waals surface area contributed by atoms with Crippen LogP contribution in [0.15, 0.2) is 60.8 Å². The van der Waals surface area contributed by atoms with E-state index in [-0.39, 0.29) is 29.8 Å². The molecule has 4 heterocycles. The molecule has 0 radical (unpaired) electrons. The van der Waals surface area contributed by atoms with Crippen LogP contribution in [0.25, 0.3) is 44.2 Å². The molecule has 7 rings (SSSR count). The van der Waals surface area contributed by atoms with Crippen LogP contribution in [0.5, 0.6) is 0 Å². The second kappa shape index (κ2) is 16.6. The highest BCUT2D eigenvalue weighted by Crippen LogP contribution is 2.36. The molecule has 5 aromatic rings. The van der Waals surface area contributed by atoms with Crippen LogP contribution in [0.3, 0.4) is 0 Å². The molecule has 0 aliphatic carbocycles. The smallest absolute Gasteiger partial charge is 0.407 e. The van der Waals surface area contributed by atoms with Crippen LogP contribution in [0, 0.1) is 5.92 Å². The maximum atomic E-state index is 13.8. The third-order valence-electron chi connectivity index (χ3n) is 11.3. The zero-order valence-corrected chi connectivity index (χ0v) is 35.3. The summed E-state index contributed by atoms with van der Waals surface area (Å²) in [5.41, 5.74) is 5.73. The van der Waals surface area contributed by atoms with E-state index >= 15 is 0 Å². The van der Waals surface area contributed by atoms with Gasteiger partial charge in [0.1, 0.15) is 23.7 Å². The van der Waals surface area contributed by atoms with Crippen molar-refractivity contribution in [3.8, 4) is 22.4 Å². The Morgan fingerprint density at radius 2 is 1.41 bits per heavy atom. The molecule has 3 aromatic carbocycles. The highest BCUT2D eigenvalue weighted by atomic mass is 28.3. The van der Waals surface area contributed by atoms with E-state index in [4.69, 9.17) is 19.4 Å². The number of carbonyl (C=O) groups is 4. The molecule has 4 N–H and O–H groups in total. The number of carbonyl (C=O) groups excluding carboxylic acids is 4. The summed E-state index contributed by atoms with van der Waals surface area (Å²) in [6.45, 7) is 11.6. The maximum absolute atomic E-state index is 13.8. The van der Waals surface area contributed by atoms with Gasteiger partial charge in [-0.25, -0.2) is 19.6 Å². The van der Waals surface area contributed by atoms with E-state index in [0.717, 1.165) is 81.5 Å². The first-order chi connectivity index (χ1) is 27.7. The molecule has 306 valence electrons. The van der Waals surface area contributed by atoms with E-state index in [1.54, 1.807) is 0 Å². The van der Waals surface area contributed by atoms with Crippen molar-refractivity contribution in [1.82, 2.24) is 40.4 Å². The summed E-state index contributed by atoms with van der Waals surface area (Å²) in [5.74, 6) is 1.13. The lowest BCUT2D eigenvalue weighted by Gasteiger charge is -2.30. The van der Waals surface area contributed by atoms with Gasteiger partial charge in [0.05, 0.1) is 49.2 Å². The van der Waals surface area contributed by atoms with Gasteiger partial charge in [0, 0.05) is 26.5 Å². The number of fused-ring (bicyclic) bond motifs is 3. The van der Waals surface area contributed by atoms with Crippen molar-refractivity contribution in [2.45, 2.75) is 89.4 Å². The molecule has 14 nitrogen and oxygen atoms in total. The van der Waals surface area contributed by atoms with Gasteiger partial charge in [-0.1, -0.05) is 76.0 Å². The van der Waals surface area contributed by atoms with Crippen molar-refractivity contribution >= 4 is 53.9 Å². The second-order valence-electron chi connectivity index (χ2n) is 17.0. The molecule has 0 unspecified atom stereocenters. The number of likely N-dealkylation sites (tertiary alicyclic amines) is 2. The van der Waals surface area contributed by atoms with Crippen molar-refractivity contribution in [3.05, 3.63) is 72.4 Å². The third-order valence-corrected chi connectivity index (χ3v) is 12.9. The van der Waals surface area contributed by atoms with Crippen LogP contribution in [0.4, 0.5) is 9.59 Å². The fourth-order valence-electron chi connectivity index (χ4n) is 8.37. The highest BCUT2D eigenvalue weighted by Gasteiger charge is 2.39. The lowest BCUT2D eigenvalue weighted by Crippen LogP contribution is -2.51. The number of hydrogen-bond donors (Lipinski definition) is 4. The molecule has 4 amide bonds. The van der Waals surface area contributed by atoms with Crippen molar-refractivity contribution in [2.24, 2.45) is 5.92 Å². The lowest BCUT2D eigenvalue weighted by atomic mass is 9.99. The third kappa shape index (κ3) is 8.45. The number of imidazole rings is 2. The van der Waals surface area contributed by atoms with Gasteiger partial charge in [0.15, 0.2) is 0 Å². The van der Waals surface area contributed by atoms with Gasteiger partial charge in [-0.05, 0) is 71.9 Å². The van der Waals surface area contributed by atoms with Gasteiger partial charge >= 0.3 is 12.2 Å². The van der Waals surface area contributed by atoms with Crippen LogP contribution in [-0.4, -0.2) is 101 Å². The van der Waals surface area contributed by atoms with Gasteiger partial charge in [-0.3, -0.25) is 9.59 Å². The number of amides is 4. The van der Waals surface area contributed by atoms with Crippen LogP contribution < -0.4 is 10.6 Å². The number of alkyl carbamates (subject to hydrolysis) is 2. The van der Waals surface area contributed by atoms with E-state index in [1.807, 2.05) is 35.9 Å². The quantitative estimate of drug-likeness (QED) is 0.0991. The molecule has 0 bridgehead atoms. The fraction of sp³-hybridized carbons (Fsp3) is 0.442. The number of aromatic amines is 2. The number of hydrogen-bond acceptors (Lipinski definition) is 8. The Hall–Kier alpha value is -5.70. The normalized spacial score (nSPS) is 18.1. The second-order valence-corrected chi connectivity index (χ2v) is 22.5. The Morgan fingerprint density at radius 1 is 0.793 bits per heavy atom. The van der Waals surface area contributed by atoms with Gasteiger partial charge in [0.2, 0.25) is 11.8 Å². The Bertz CT molecular complexity index is 2310. The largest absolute Gasteiger partial charge is 0.453 e. The highest BCUT2D eigenvalue weighted by molar-refractivity contribution is 6.76. The monoisotopic (exact) mass is 806 g/mol. The van der Waals surface area contributed by atoms with E-state index in [2.05, 4.69) is 88.8 Å². The van der Waals surface area contributed by atoms with Crippen LogP contribution in [0.2, 0.25) is 25.7 Å². The summed E-state index contributed by atoms with van der Waals surface area (Å²) in [6, 6.07) is 17.7. The molecule has 0 spiro atoms. The number of rotatable bonds is 11. The number of nitrogens with one attached hydrogen (secondary N) is 4. The minimum absolute atomic E-state index is 0.0972. The van der Waals surface area contributed by atoms with E-state index in [1.165, 1.54) is 14.2 Å². The molecular formula is C43H54N8O6Si. The molecule has 0 saturated carbocycles. The molecule has 2 saturated heterocycles. The van der Waals surface area contributed by atoms with Crippen LogP contribution in [0.1, 0.15) is 63.3 Å². The van der Waals surface area contributed by atoms with Gasteiger partial charge < -0.3 is 39.9 Å². The number of methoxy groups -OCH3 is 2. The predicted molar refractivity (Wildman–Crippen MR) is 226 cm³/mol. The van der Waals surface area contributed by atoms with Crippen molar-refractivity contribution in [1.29, 1.82) is 0 Å². The topological polar surface area (TPSA) is 175 Å². The first-order valence-corrected chi connectivity index (χ1v) is 23.8. The van der Waals surface area contributed by atoms with Gasteiger partial charge in [-0.15, -0.1) is 0 Å². The summed E-state index contributed by atoms with van der Waals surface area (Å²) in [5, 5.41) is 7.57. The number of nitrogens with zero attached hydrogens (tertiary/aromatic N) is 4. The van der Waals surface area contributed by atoms with Gasteiger partial charge in [-0.2, -0.15) is 0 Å². The zero-order chi connectivity index (χ0) is 41.3. The average Bonchev–Trinajstić information content (AvgIpc) is 4.04. The molecule has 2 aliphatic rings. The van der Waals surface area contributed by atoms with Crippen LogP contribution >= 0.6 is 0 Å². The summed E-state index contributed by atoms with van der Waals surface area (Å²) >= 11 is 0. The first-order valence-electron chi connectivity index (χ1n) is 20.1. The molecular weight excluding hydrogens is 753 g/mol. The first kappa shape index (κ1) is 40.5. The maximum Gasteiger partial charge on any atom is 0.407 e. The summed E-state index contributed by atoms with van der Waals surface area (Å²) < 4.78 is 9.62. The molecule has 4 atom stereocenters. The van der Waals surface area contributed by atoms with Gasteiger partial charge in [0.25, 0.3) is 0 Å². The SMILES string of the molecule is COC(=O)N[C@@H](C[Si](C)(C)C)C(=O)N1CCC[C@H]1c1ncc(-c2ccc(-c3ccc4c(ccc5[nH]c([C@@H]6CCCN6C(=O)[C@@H](NC(=O)OC)C(C)C)nc54)c3)cc2)[nH]1. The number of ether oxygens (including phenoxy) is 2.